The lowest BCUT2D eigenvalue weighted by Crippen LogP contribution is -2.40. The highest BCUT2D eigenvalue weighted by Gasteiger charge is 2.21. The summed E-state index contributed by atoms with van der Waals surface area (Å²) >= 11 is 4.96. The highest BCUT2D eigenvalue weighted by molar-refractivity contribution is 9.10. The fraction of sp³-hybridized carbons (Fsp3) is 0.583. The fourth-order valence-corrected chi connectivity index (χ4v) is 6.11. The van der Waals surface area contributed by atoms with Gasteiger partial charge < -0.3 is 14.9 Å². The molecule has 0 aliphatic heterocycles. The van der Waals surface area contributed by atoms with E-state index in [2.05, 4.69) is 32.8 Å². The van der Waals surface area contributed by atoms with E-state index in [1.165, 1.54) is 32.5 Å². The Morgan fingerprint density at radius 1 is 0.744 bits per heavy atom. The van der Waals surface area contributed by atoms with Gasteiger partial charge in [0.05, 0.1) is 0 Å². The summed E-state index contributed by atoms with van der Waals surface area (Å²) in [5, 5.41) is 0.681. The second kappa shape index (κ2) is 12.1. The molecular weight excluding hydrogens is 590 g/mol. The molecule has 4 heterocycles. The van der Waals surface area contributed by atoms with Gasteiger partial charge in [-0.2, -0.15) is 0 Å². The average Bonchev–Trinajstić information content (AvgIpc) is 3.45. The van der Waals surface area contributed by atoms with E-state index in [0.29, 0.717) is 70.4 Å². The summed E-state index contributed by atoms with van der Waals surface area (Å²) in [4.78, 5) is 60.5. The predicted octanol–water partition coefficient (Wildman–Crippen LogP) is 1.13. The standard InChI is InChI=1S/C24H34BrN9O4S/c1-5-6-7-11-33-15-18(29(2)23(37)31(4)19(15)35)28-22(33)39-14-9-13-32-16-17(27-21(32)25)30(3)24(38)34(20(16)36)12-8-10-26/h5-14,26H2,1-4H3. The third-order valence-corrected chi connectivity index (χ3v) is 8.50. The molecule has 0 saturated heterocycles. The van der Waals surface area contributed by atoms with E-state index >= 15 is 0 Å². The average molecular weight is 625 g/mol. The molecule has 0 aliphatic rings. The van der Waals surface area contributed by atoms with E-state index in [-0.39, 0.29) is 17.7 Å². The molecule has 0 unspecified atom stereocenters. The van der Waals surface area contributed by atoms with Gasteiger partial charge in [0, 0.05) is 46.5 Å². The molecule has 13 nitrogen and oxygen atoms in total. The summed E-state index contributed by atoms with van der Waals surface area (Å²) in [5.74, 6) is 0.643. The maximum absolute atomic E-state index is 13.2. The SMILES string of the molecule is CCCCCn1c(SCCCn2c(Br)nc3c2c(=O)n(CCCN)c(=O)n3C)nc2c1c(=O)n(C)c(=O)n2C. The summed E-state index contributed by atoms with van der Waals surface area (Å²) in [5.41, 5.74) is 5.52. The first kappa shape index (κ1) is 29.1. The summed E-state index contributed by atoms with van der Waals surface area (Å²) in [6, 6.07) is 0. The molecule has 0 bridgehead atoms. The second-order valence-corrected chi connectivity index (χ2v) is 11.2. The lowest BCUT2D eigenvalue weighted by molar-refractivity contribution is 0.573. The highest BCUT2D eigenvalue weighted by atomic mass is 79.9. The van der Waals surface area contributed by atoms with Gasteiger partial charge in [0.2, 0.25) is 0 Å². The molecule has 0 aliphatic carbocycles. The summed E-state index contributed by atoms with van der Waals surface area (Å²) in [6.45, 7) is 3.84. The fourth-order valence-electron chi connectivity index (χ4n) is 4.65. The number of unbranched alkanes of at least 4 members (excludes halogenated alkanes) is 2. The minimum atomic E-state index is -0.420. The van der Waals surface area contributed by atoms with Gasteiger partial charge in [-0.15, -0.1) is 0 Å². The first-order chi connectivity index (χ1) is 18.6. The van der Waals surface area contributed by atoms with Gasteiger partial charge in [-0.3, -0.25) is 27.9 Å². The number of thioether (sulfide) groups is 1. The molecule has 39 heavy (non-hydrogen) atoms. The third kappa shape index (κ3) is 5.31. The number of hydrogen-bond acceptors (Lipinski definition) is 8. The van der Waals surface area contributed by atoms with Crippen molar-refractivity contribution in [2.75, 3.05) is 12.3 Å². The van der Waals surface area contributed by atoms with E-state index in [9.17, 15) is 19.2 Å². The zero-order chi connectivity index (χ0) is 28.4. The molecule has 0 radical (unpaired) electrons. The van der Waals surface area contributed by atoms with Crippen LogP contribution >= 0.6 is 27.7 Å². The Kier molecular flexibility index (Phi) is 9.01. The van der Waals surface area contributed by atoms with Crippen LogP contribution in [0.15, 0.2) is 29.1 Å². The summed E-state index contributed by atoms with van der Waals surface area (Å²) < 4.78 is 9.28. The maximum Gasteiger partial charge on any atom is 0.332 e. The number of hydrogen-bond donors (Lipinski definition) is 1. The maximum atomic E-state index is 13.2. The Morgan fingerprint density at radius 2 is 1.36 bits per heavy atom. The molecule has 0 saturated carbocycles. The number of rotatable bonds is 12. The normalized spacial score (nSPS) is 11.8. The molecule has 4 aromatic heterocycles. The Balaban J connectivity index is 1.62. The van der Waals surface area contributed by atoms with Crippen molar-refractivity contribution in [3.63, 3.8) is 0 Å². The van der Waals surface area contributed by atoms with Crippen LogP contribution in [0.2, 0.25) is 0 Å². The molecule has 2 N–H and O–H groups in total. The van der Waals surface area contributed by atoms with Gasteiger partial charge in [0.25, 0.3) is 11.1 Å². The van der Waals surface area contributed by atoms with Crippen molar-refractivity contribution in [2.45, 2.75) is 63.8 Å². The van der Waals surface area contributed by atoms with Crippen LogP contribution in [0, 0.1) is 0 Å². The topological polar surface area (TPSA) is 150 Å². The van der Waals surface area contributed by atoms with Crippen LogP contribution in [0.5, 0.6) is 0 Å². The van der Waals surface area contributed by atoms with Crippen molar-refractivity contribution in [3.8, 4) is 0 Å². The summed E-state index contributed by atoms with van der Waals surface area (Å²) in [6.07, 6.45) is 4.13. The van der Waals surface area contributed by atoms with E-state index in [1.54, 1.807) is 18.7 Å². The number of nitrogens with zero attached hydrogens (tertiary/aromatic N) is 8. The van der Waals surface area contributed by atoms with Crippen LogP contribution in [0.4, 0.5) is 0 Å². The van der Waals surface area contributed by atoms with Gasteiger partial charge in [0.15, 0.2) is 32.2 Å². The van der Waals surface area contributed by atoms with Gasteiger partial charge in [-0.05, 0) is 41.7 Å². The zero-order valence-corrected chi connectivity index (χ0v) is 25.0. The molecule has 0 aromatic carbocycles. The number of imidazole rings is 2. The number of nitrogens with two attached hydrogens (primary N) is 1. The lowest BCUT2D eigenvalue weighted by atomic mass is 10.2. The molecule has 0 fully saturated rings. The Hall–Kier alpha value is -2.91. The Bertz CT molecular complexity index is 1760. The van der Waals surface area contributed by atoms with Crippen molar-refractivity contribution in [3.05, 3.63) is 46.4 Å². The number of aryl methyl sites for hydroxylation is 4. The minimum absolute atomic E-state index is 0.243. The molecule has 0 spiro atoms. The molecule has 0 atom stereocenters. The van der Waals surface area contributed by atoms with Crippen LogP contribution in [-0.4, -0.2) is 49.7 Å². The predicted molar refractivity (Wildman–Crippen MR) is 156 cm³/mol. The van der Waals surface area contributed by atoms with Crippen LogP contribution in [0.1, 0.15) is 39.0 Å². The second-order valence-electron chi connectivity index (χ2n) is 9.48. The van der Waals surface area contributed by atoms with E-state index in [0.717, 1.165) is 23.8 Å². The molecule has 212 valence electrons. The Morgan fingerprint density at radius 3 is 2.05 bits per heavy atom. The van der Waals surface area contributed by atoms with Crippen LogP contribution in [0.25, 0.3) is 22.3 Å². The molecule has 15 heteroatoms. The van der Waals surface area contributed by atoms with Crippen molar-refractivity contribution in [1.82, 2.24) is 37.4 Å². The first-order valence-electron chi connectivity index (χ1n) is 13.0. The molecule has 4 rings (SSSR count). The molecule has 0 amide bonds. The number of halogens is 1. The first-order valence-corrected chi connectivity index (χ1v) is 14.8. The van der Waals surface area contributed by atoms with Gasteiger partial charge in [0.1, 0.15) is 0 Å². The molecular formula is C24H34BrN9O4S. The van der Waals surface area contributed by atoms with Gasteiger partial charge in [-0.1, -0.05) is 31.5 Å². The Labute approximate surface area is 236 Å². The van der Waals surface area contributed by atoms with Gasteiger partial charge >= 0.3 is 11.4 Å². The van der Waals surface area contributed by atoms with Crippen molar-refractivity contribution in [1.29, 1.82) is 0 Å². The van der Waals surface area contributed by atoms with E-state index in [4.69, 9.17) is 5.73 Å². The smallest absolute Gasteiger partial charge is 0.330 e. The van der Waals surface area contributed by atoms with Crippen molar-refractivity contribution >= 4 is 50.0 Å². The lowest BCUT2D eigenvalue weighted by Gasteiger charge is -2.10. The highest BCUT2D eigenvalue weighted by Crippen LogP contribution is 2.24. The largest absolute Gasteiger partial charge is 0.332 e. The van der Waals surface area contributed by atoms with Crippen molar-refractivity contribution in [2.24, 2.45) is 26.9 Å². The quantitative estimate of drug-likeness (QED) is 0.140. The summed E-state index contributed by atoms with van der Waals surface area (Å²) in [7, 11) is 4.70. The van der Waals surface area contributed by atoms with Gasteiger partial charge in [-0.25, -0.2) is 19.6 Å². The third-order valence-electron chi connectivity index (χ3n) is 6.83. The van der Waals surface area contributed by atoms with Crippen LogP contribution in [0.3, 0.4) is 0 Å². The minimum Gasteiger partial charge on any atom is -0.330 e. The monoisotopic (exact) mass is 623 g/mol. The van der Waals surface area contributed by atoms with E-state index in [1.807, 2.05) is 4.57 Å². The number of aromatic nitrogens is 8. The molecule has 4 aromatic rings. The van der Waals surface area contributed by atoms with Crippen LogP contribution < -0.4 is 28.2 Å². The zero-order valence-electron chi connectivity index (χ0n) is 22.6. The van der Waals surface area contributed by atoms with Crippen LogP contribution in [-0.2, 0) is 40.8 Å². The van der Waals surface area contributed by atoms with E-state index < -0.39 is 11.4 Å². The van der Waals surface area contributed by atoms with Crippen molar-refractivity contribution < 1.29 is 0 Å². The number of fused-ring (bicyclic) bond motifs is 2.